The van der Waals surface area contributed by atoms with Crippen LogP contribution in [0.4, 0.5) is 17.2 Å². The van der Waals surface area contributed by atoms with Crippen molar-refractivity contribution >= 4 is 23.1 Å². The van der Waals surface area contributed by atoms with Gasteiger partial charge in [0.05, 0.1) is 12.7 Å². The number of fused-ring (bicyclic) bond motifs is 1. The van der Waals surface area contributed by atoms with E-state index in [0.29, 0.717) is 18.3 Å². The zero-order chi connectivity index (χ0) is 22.6. The molecule has 0 unspecified atom stereocenters. The molecule has 5 rings (SSSR count). The summed E-state index contributed by atoms with van der Waals surface area (Å²) in [7, 11) is 0. The van der Waals surface area contributed by atoms with Gasteiger partial charge in [0, 0.05) is 54.2 Å². The number of nitrogens with zero attached hydrogens (tertiary/aromatic N) is 5. The number of anilines is 3. The van der Waals surface area contributed by atoms with Gasteiger partial charge in [-0.05, 0) is 62.9 Å². The molecule has 0 radical (unpaired) electrons. The summed E-state index contributed by atoms with van der Waals surface area (Å²) in [5, 5.41) is 3.33. The normalized spacial score (nSPS) is 18.6. The maximum atomic E-state index is 13.2. The molecule has 0 aliphatic carbocycles. The summed E-state index contributed by atoms with van der Waals surface area (Å²) < 4.78 is 0. The Labute approximate surface area is 194 Å². The smallest absolute Gasteiger partial charge is 0.241 e. The van der Waals surface area contributed by atoms with E-state index >= 15 is 0 Å². The van der Waals surface area contributed by atoms with Crippen molar-refractivity contribution in [3.63, 3.8) is 0 Å². The number of aromatic nitrogens is 3. The van der Waals surface area contributed by atoms with Crippen molar-refractivity contribution in [3.8, 4) is 0 Å². The number of rotatable bonds is 5. The summed E-state index contributed by atoms with van der Waals surface area (Å²) in [6.07, 6.45) is 9.27. The van der Waals surface area contributed by atoms with Crippen LogP contribution >= 0.6 is 0 Å². The molecule has 0 bridgehead atoms. The Hall–Kier alpha value is -3.32. The Balaban J connectivity index is 1.27. The van der Waals surface area contributed by atoms with E-state index in [1.807, 2.05) is 24.0 Å². The number of hydrogen-bond acceptors (Lipinski definition) is 6. The van der Waals surface area contributed by atoms with Gasteiger partial charge >= 0.3 is 0 Å². The predicted octanol–water partition coefficient (Wildman–Crippen LogP) is 4.08. The first-order valence-corrected chi connectivity index (χ1v) is 11.8. The SMILES string of the molecule is Cc1cc(Nc2cnccn2)cc([C@H]2CCCN(CC(=O)N3CCCc4ccccc43)C2)n1. The van der Waals surface area contributed by atoms with Crippen LogP contribution in [0.2, 0.25) is 0 Å². The van der Waals surface area contributed by atoms with Crippen molar-refractivity contribution in [1.82, 2.24) is 19.9 Å². The minimum absolute atomic E-state index is 0.199. The third-order valence-corrected chi connectivity index (χ3v) is 6.50. The quantitative estimate of drug-likeness (QED) is 0.642. The zero-order valence-corrected chi connectivity index (χ0v) is 19.1. The van der Waals surface area contributed by atoms with Gasteiger partial charge in [0.15, 0.2) is 0 Å². The minimum Gasteiger partial charge on any atom is -0.339 e. The standard InChI is InChI=1S/C26H30N6O/c1-19-14-22(30-25-16-27-10-11-28-25)15-23(29-19)21-8-4-12-31(17-21)18-26(33)32-13-5-7-20-6-2-3-9-24(20)32/h2-3,6,9-11,14-16,21H,4-5,7-8,12-13,17-18H2,1H3,(H,28,29,30)/t21-/m0/s1. The Morgan fingerprint density at radius 3 is 2.94 bits per heavy atom. The largest absolute Gasteiger partial charge is 0.339 e. The molecule has 7 heteroatoms. The molecular formula is C26H30N6O. The van der Waals surface area contributed by atoms with E-state index in [0.717, 1.165) is 68.1 Å². The first-order chi connectivity index (χ1) is 16.2. The van der Waals surface area contributed by atoms with Crippen LogP contribution in [0.1, 0.15) is 42.1 Å². The second kappa shape index (κ2) is 9.67. The lowest BCUT2D eigenvalue weighted by atomic mass is 9.93. The lowest BCUT2D eigenvalue weighted by Gasteiger charge is -2.35. The summed E-state index contributed by atoms with van der Waals surface area (Å²) in [6.45, 7) is 5.09. The molecule has 7 nitrogen and oxygen atoms in total. The summed E-state index contributed by atoms with van der Waals surface area (Å²) >= 11 is 0. The average molecular weight is 443 g/mol. The van der Waals surface area contributed by atoms with Crippen LogP contribution in [0.3, 0.4) is 0 Å². The fourth-order valence-electron chi connectivity index (χ4n) is 5.00. The number of para-hydroxylation sites is 1. The Morgan fingerprint density at radius 1 is 1.15 bits per heavy atom. The molecule has 170 valence electrons. The number of likely N-dealkylation sites (tertiary alicyclic amines) is 1. The van der Waals surface area contributed by atoms with Gasteiger partial charge in [-0.2, -0.15) is 0 Å². The predicted molar refractivity (Wildman–Crippen MR) is 130 cm³/mol. The maximum Gasteiger partial charge on any atom is 0.241 e. The van der Waals surface area contributed by atoms with Gasteiger partial charge in [0.25, 0.3) is 0 Å². The van der Waals surface area contributed by atoms with Crippen molar-refractivity contribution < 1.29 is 4.79 Å². The molecular weight excluding hydrogens is 412 g/mol. The van der Waals surface area contributed by atoms with E-state index in [-0.39, 0.29) is 5.91 Å². The number of piperidine rings is 1. The Bertz CT molecular complexity index is 1120. The van der Waals surface area contributed by atoms with E-state index in [9.17, 15) is 4.79 Å². The first-order valence-electron chi connectivity index (χ1n) is 11.8. The van der Waals surface area contributed by atoms with E-state index in [1.165, 1.54) is 5.56 Å². The van der Waals surface area contributed by atoms with Crippen LogP contribution in [-0.2, 0) is 11.2 Å². The van der Waals surface area contributed by atoms with Gasteiger partial charge < -0.3 is 10.2 Å². The number of aryl methyl sites for hydroxylation is 2. The summed E-state index contributed by atoms with van der Waals surface area (Å²) in [5.41, 5.74) is 5.37. The highest BCUT2D eigenvalue weighted by molar-refractivity contribution is 5.96. The van der Waals surface area contributed by atoms with Crippen molar-refractivity contribution in [1.29, 1.82) is 0 Å². The molecule has 0 spiro atoms. The highest BCUT2D eigenvalue weighted by Crippen LogP contribution is 2.30. The highest BCUT2D eigenvalue weighted by Gasteiger charge is 2.28. The lowest BCUT2D eigenvalue weighted by Crippen LogP contribution is -2.45. The number of carbonyl (C=O) groups is 1. The minimum atomic E-state index is 0.199. The van der Waals surface area contributed by atoms with Gasteiger partial charge in [0.1, 0.15) is 5.82 Å². The van der Waals surface area contributed by atoms with E-state index < -0.39 is 0 Å². The number of hydrogen-bond donors (Lipinski definition) is 1. The molecule has 2 aliphatic heterocycles. The molecule has 1 aromatic carbocycles. The van der Waals surface area contributed by atoms with Crippen molar-refractivity contribution in [2.45, 2.75) is 38.5 Å². The fourth-order valence-corrected chi connectivity index (χ4v) is 5.00. The molecule has 1 atom stereocenters. The number of nitrogens with one attached hydrogen (secondary N) is 1. The van der Waals surface area contributed by atoms with Crippen LogP contribution < -0.4 is 10.2 Å². The molecule has 4 heterocycles. The topological polar surface area (TPSA) is 74.2 Å². The van der Waals surface area contributed by atoms with Gasteiger partial charge in [-0.25, -0.2) is 4.98 Å². The van der Waals surface area contributed by atoms with Gasteiger partial charge in [0.2, 0.25) is 5.91 Å². The maximum absolute atomic E-state index is 13.2. The second-order valence-corrected chi connectivity index (χ2v) is 8.99. The molecule has 2 aliphatic rings. The summed E-state index contributed by atoms with van der Waals surface area (Å²) in [5.74, 6) is 1.22. The number of amides is 1. The van der Waals surface area contributed by atoms with E-state index in [1.54, 1.807) is 18.6 Å². The highest BCUT2D eigenvalue weighted by atomic mass is 16.2. The molecule has 0 saturated carbocycles. The monoisotopic (exact) mass is 442 g/mol. The van der Waals surface area contributed by atoms with Crippen LogP contribution in [-0.4, -0.2) is 51.9 Å². The van der Waals surface area contributed by atoms with E-state index in [4.69, 9.17) is 4.98 Å². The third-order valence-electron chi connectivity index (χ3n) is 6.50. The Kier molecular flexibility index (Phi) is 6.30. The van der Waals surface area contributed by atoms with Crippen LogP contribution in [0, 0.1) is 6.92 Å². The second-order valence-electron chi connectivity index (χ2n) is 8.99. The van der Waals surface area contributed by atoms with Crippen molar-refractivity contribution in [2.75, 3.05) is 36.4 Å². The molecule has 2 aromatic heterocycles. The van der Waals surface area contributed by atoms with Crippen molar-refractivity contribution in [2.24, 2.45) is 0 Å². The van der Waals surface area contributed by atoms with Crippen molar-refractivity contribution in [3.05, 3.63) is 71.9 Å². The van der Waals surface area contributed by atoms with Crippen LogP contribution in [0.5, 0.6) is 0 Å². The summed E-state index contributed by atoms with van der Waals surface area (Å²) in [4.78, 5) is 30.8. The van der Waals surface area contributed by atoms with Gasteiger partial charge in [-0.3, -0.25) is 19.7 Å². The van der Waals surface area contributed by atoms with Gasteiger partial charge in [-0.15, -0.1) is 0 Å². The van der Waals surface area contributed by atoms with E-state index in [2.05, 4.69) is 44.5 Å². The van der Waals surface area contributed by atoms with Crippen LogP contribution in [0.15, 0.2) is 55.0 Å². The molecule has 3 aromatic rings. The molecule has 1 fully saturated rings. The van der Waals surface area contributed by atoms with Crippen LogP contribution in [0.25, 0.3) is 0 Å². The number of benzene rings is 1. The molecule has 1 saturated heterocycles. The number of carbonyl (C=O) groups excluding carboxylic acids is 1. The van der Waals surface area contributed by atoms with Gasteiger partial charge in [-0.1, -0.05) is 18.2 Å². The lowest BCUT2D eigenvalue weighted by molar-refractivity contribution is -0.120. The first kappa shape index (κ1) is 21.5. The Morgan fingerprint density at radius 2 is 2.06 bits per heavy atom. The third kappa shape index (κ3) is 5.03. The molecule has 1 N–H and O–H groups in total. The molecule has 33 heavy (non-hydrogen) atoms. The molecule has 1 amide bonds. The zero-order valence-electron chi connectivity index (χ0n) is 19.1. The fraction of sp³-hybridized carbons (Fsp3) is 0.385. The average Bonchev–Trinajstić information content (AvgIpc) is 2.84. The summed E-state index contributed by atoms with van der Waals surface area (Å²) in [6, 6.07) is 12.4. The number of pyridine rings is 1.